The van der Waals surface area contributed by atoms with E-state index < -0.39 is 6.04 Å². The van der Waals surface area contributed by atoms with Gasteiger partial charge in [-0.2, -0.15) is 0 Å². The SMILES string of the molecule is C#CC[C@H](NCC=C)C(=O)OCC. The van der Waals surface area contributed by atoms with Crippen LogP contribution >= 0.6 is 0 Å². The fraction of sp³-hybridized carbons (Fsp3) is 0.500. The van der Waals surface area contributed by atoms with Gasteiger partial charge in [0.25, 0.3) is 0 Å². The number of esters is 1. The van der Waals surface area contributed by atoms with E-state index >= 15 is 0 Å². The molecular weight excluding hydrogens is 166 g/mol. The maximum Gasteiger partial charge on any atom is 0.324 e. The Morgan fingerprint density at radius 2 is 2.54 bits per heavy atom. The average molecular weight is 181 g/mol. The Morgan fingerprint density at radius 1 is 1.85 bits per heavy atom. The van der Waals surface area contributed by atoms with Gasteiger partial charge in [0.2, 0.25) is 0 Å². The molecule has 13 heavy (non-hydrogen) atoms. The summed E-state index contributed by atoms with van der Waals surface area (Å²) in [5, 5.41) is 2.92. The predicted octanol–water partition coefficient (Wildman–Crippen LogP) is 0.717. The summed E-state index contributed by atoms with van der Waals surface area (Å²) in [6, 6.07) is -0.414. The molecule has 0 saturated heterocycles. The molecule has 0 fully saturated rings. The Hall–Kier alpha value is -1.27. The largest absolute Gasteiger partial charge is 0.465 e. The molecule has 0 aromatic rings. The summed E-state index contributed by atoms with van der Waals surface area (Å²) in [5.74, 6) is 2.11. The normalized spacial score (nSPS) is 11.4. The topological polar surface area (TPSA) is 38.3 Å². The third-order valence-electron chi connectivity index (χ3n) is 1.40. The summed E-state index contributed by atoms with van der Waals surface area (Å²) in [4.78, 5) is 11.2. The Balaban J connectivity index is 3.99. The van der Waals surface area contributed by atoms with E-state index in [2.05, 4.69) is 17.8 Å². The minimum absolute atomic E-state index is 0.303. The molecule has 0 spiro atoms. The second kappa shape index (κ2) is 7.38. The van der Waals surface area contributed by atoms with E-state index in [1.165, 1.54) is 0 Å². The zero-order valence-electron chi connectivity index (χ0n) is 7.88. The van der Waals surface area contributed by atoms with Crippen molar-refractivity contribution in [2.24, 2.45) is 0 Å². The van der Waals surface area contributed by atoms with Crippen LogP contribution in [-0.4, -0.2) is 25.2 Å². The fourth-order valence-electron chi connectivity index (χ4n) is 0.825. The Bertz CT molecular complexity index is 205. The van der Waals surface area contributed by atoms with Crippen molar-refractivity contribution >= 4 is 5.97 Å². The highest BCUT2D eigenvalue weighted by Crippen LogP contribution is 1.94. The van der Waals surface area contributed by atoms with E-state index in [4.69, 9.17) is 11.2 Å². The highest BCUT2D eigenvalue weighted by molar-refractivity contribution is 5.76. The second-order valence-electron chi connectivity index (χ2n) is 2.41. The number of rotatable bonds is 6. The number of hydrogen-bond acceptors (Lipinski definition) is 3. The van der Waals surface area contributed by atoms with Crippen molar-refractivity contribution in [3.63, 3.8) is 0 Å². The minimum atomic E-state index is -0.414. The standard InChI is InChI=1S/C10H15NO2/c1-4-7-9(11-8-5-2)10(12)13-6-3/h1,5,9,11H,2,6-8H2,3H3/t9-/m0/s1. The smallest absolute Gasteiger partial charge is 0.324 e. The molecule has 0 aliphatic heterocycles. The summed E-state index contributed by atoms with van der Waals surface area (Å²) >= 11 is 0. The molecule has 3 nitrogen and oxygen atoms in total. The molecule has 72 valence electrons. The molecule has 0 rings (SSSR count). The van der Waals surface area contributed by atoms with Crippen LogP contribution in [0.3, 0.4) is 0 Å². The van der Waals surface area contributed by atoms with Crippen molar-refractivity contribution in [1.29, 1.82) is 0 Å². The van der Waals surface area contributed by atoms with Crippen LogP contribution in [-0.2, 0) is 9.53 Å². The lowest BCUT2D eigenvalue weighted by Gasteiger charge is -2.13. The molecule has 0 aromatic carbocycles. The molecule has 0 saturated carbocycles. The Morgan fingerprint density at radius 3 is 3.00 bits per heavy atom. The quantitative estimate of drug-likeness (QED) is 0.373. The lowest BCUT2D eigenvalue weighted by molar-refractivity contribution is -0.145. The summed E-state index contributed by atoms with van der Waals surface area (Å²) < 4.78 is 4.82. The molecule has 1 N–H and O–H groups in total. The minimum Gasteiger partial charge on any atom is -0.465 e. The highest BCUT2D eigenvalue weighted by atomic mass is 16.5. The number of hydrogen-bond donors (Lipinski definition) is 1. The van der Waals surface area contributed by atoms with Gasteiger partial charge < -0.3 is 10.1 Å². The molecule has 0 aliphatic rings. The van der Waals surface area contributed by atoms with E-state index in [9.17, 15) is 4.79 Å². The van der Waals surface area contributed by atoms with Crippen LogP contribution in [0, 0.1) is 12.3 Å². The van der Waals surface area contributed by atoms with E-state index in [1.807, 2.05) is 0 Å². The first-order valence-corrected chi connectivity index (χ1v) is 4.20. The van der Waals surface area contributed by atoms with Crippen LogP contribution in [0.2, 0.25) is 0 Å². The van der Waals surface area contributed by atoms with Gasteiger partial charge in [-0.1, -0.05) is 6.08 Å². The van der Waals surface area contributed by atoms with Gasteiger partial charge in [-0.15, -0.1) is 18.9 Å². The zero-order chi connectivity index (χ0) is 10.1. The summed E-state index contributed by atoms with van der Waals surface area (Å²) in [6.45, 7) is 6.21. The second-order valence-corrected chi connectivity index (χ2v) is 2.41. The Labute approximate surface area is 79.2 Å². The van der Waals surface area contributed by atoms with Crippen molar-refractivity contribution in [3.8, 4) is 12.3 Å². The van der Waals surface area contributed by atoms with Crippen LogP contribution in [0.1, 0.15) is 13.3 Å². The number of carbonyl (C=O) groups is 1. The Kier molecular flexibility index (Phi) is 6.66. The summed E-state index contributed by atoms with van der Waals surface area (Å²) in [7, 11) is 0. The molecule has 0 bridgehead atoms. The molecule has 0 amide bonds. The van der Waals surface area contributed by atoms with E-state index in [0.717, 1.165) is 0 Å². The van der Waals surface area contributed by atoms with Crippen LogP contribution in [0.15, 0.2) is 12.7 Å². The molecule has 0 heterocycles. The maximum absolute atomic E-state index is 11.2. The summed E-state index contributed by atoms with van der Waals surface area (Å²) in [5.41, 5.74) is 0. The van der Waals surface area contributed by atoms with Gasteiger partial charge >= 0.3 is 5.97 Å². The van der Waals surface area contributed by atoms with Gasteiger partial charge in [-0.3, -0.25) is 4.79 Å². The summed E-state index contributed by atoms with van der Waals surface area (Å²) in [6.07, 6.45) is 7.12. The molecular formula is C10H15NO2. The average Bonchev–Trinajstić information content (AvgIpc) is 2.12. The molecule has 0 aromatic heterocycles. The molecule has 1 atom stereocenters. The van der Waals surface area contributed by atoms with Gasteiger partial charge in [0.05, 0.1) is 6.61 Å². The zero-order valence-corrected chi connectivity index (χ0v) is 7.88. The lowest BCUT2D eigenvalue weighted by Crippen LogP contribution is -2.37. The van der Waals surface area contributed by atoms with Crippen LogP contribution in [0.25, 0.3) is 0 Å². The van der Waals surface area contributed by atoms with Crippen molar-refractivity contribution in [3.05, 3.63) is 12.7 Å². The number of ether oxygens (including phenoxy) is 1. The number of carbonyl (C=O) groups excluding carboxylic acids is 1. The molecule has 0 aliphatic carbocycles. The van der Waals surface area contributed by atoms with Crippen LogP contribution in [0.4, 0.5) is 0 Å². The van der Waals surface area contributed by atoms with Crippen molar-refractivity contribution in [1.82, 2.24) is 5.32 Å². The number of nitrogens with one attached hydrogen (secondary N) is 1. The van der Waals surface area contributed by atoms with Gasteiger partial charge in [0, 0.05) is 13.0 Å². The first-order chi connectivity index (χ1) is 6.26. The van der Waals surface area contributed by atoms with Gasteiger partial charge in [-0.05, 0) is 6.92 Å². The van der Waals surface area contributed by atoms with Crippen molar-refractivity contribution < 1.29 is 9.53 Å². The monoisotopic (exact) mass is 181 g/mol. The third-order valence-corrected chi connectivity index (χ3v) is 1.40. The van der Waals surface area contributed by atoms with E-state index in [1.54, 1.807) is 13.0 Å². The van der Waals surface area contributed by atoms with Crippen molar-refractivity contribution in [2.75, 3.05) is 13.2 Å². The fourth-order valence-corrected chi connectivity index (χ4v) is 0.825. The first kappa shape index (κ1) is 11.7. The molecule has 0 radical (unpaired) electrons. The maximum atomic E-state index is 11.2. The van der Waals surface area contributed by atoms with Gasteiger partial charge in [0.1, 0.15) is 6.04 Å². The van der Waals surface area contributed by atoms with Crippen LogP contribution in [0.5, 0.6) is 0 Å². The van der Waals surface area contributed by atoms with Gasteiger partial charge in [-0.25, -0.2) is 0 Å². The van der Waals surface area contributed by atoms with Crippen molar-refractivity contribution in [2.45, 2.75) is 19.4 Å². The van der Waals surface area contributed by atoms with Crippen LogP contribution < -0.4 is 5.32 Å². The predicted molar refractivity (Wildman–Crippen MR) is 52.1 cm³/mol. The molecule has 0 unspecified atom stereocenters. The molecule has 3 heteroatoms. The van der Waals surface area contributed by atoms with E-state index in [-0.39, 0.29) is 5.97 Å². The lowest BCUT2D eigenvalue weighted by atomic mass is 10.2. The number of terminal acetylenes is 1. The first-order valence-electron chi connectivity index (χ1n) is 4.20. The third kappa shape index (κ3) is 5.05. The van der Waals surface area contributed by atoms with Gasteiger partial charge in [0.15, 0.2) is 0 Å². The van der Waals surface area contributed by atoms with E-state index in [0.29, 0.717) is 19.6 Å². The highest BCUT2D eigenvalue weighted by Gasteiger charge is 2.16.